The molecule has 1 aliphatic rings. The maximum absolute atomic E-state index is 4.45. The molecule has 2 aromatic carbocycles. The number of allylic oxidation sites excluding steroid dienone is 1. The fraction of sp³-hybridized carbons (Fsp3) is 0.0909. The van der Waals surface area contributed by atoms with Crippen LogP contribution in [0.4, 0.5) is 0 Å². The van der Waals surface area contributed by atoms with Gasteiger partial charge in [0, 0.05) is 30.7 Å². The lowest BCUT2D eigenvalue weighted by Crippen LogP contribution is -2.01. The highest BCUT2D eigenvalue weighted by atomic mass is 14.7. The maximum atomic E-state index is 4.45. The first-order valence-corrected chi connectivity index (χ1v) is 8.62. The summed E-state index contributed by atoms with van der Waals surface area (Å²) in [4.78, 5) is 8.73. The van der Waals surface area contributed by atoms with E-state index < -0.39 is 0 Å². The van der Waals surface area contributed by atoms with E-state index >= 15 is 0 Å². The molecule has 0 spiro atoms. The summed E-state index contributed by atoms with van der Waals surface area (Å²) in [7, 11) is 2.13. The van der Waals surface area contributed by atoms with Crippen molar-refractivity contribution < 1.29 is 0 Å². The van der Waals surface area contributed by atoms with E-state index in [-0.39, 0.29) is 0 Å². The van der Waals surface area contributed by atoms with Gasteiger partial charge in [0.15, 0.2) is 0 Å². The predicted octanol–water partition coefficient (Wildman–Crippen LogP) is 3.53. The Morgan fingerprint density at radius 1 is 0.800 bits per heavy atom. The monoisotopic (exact) mass is 322 g/mol. The van der Waals surface area contributed by atoms with Crippen molar-refractivity contribution in [3.05, 3.63) is 78.6 Å². The molecule has 0 amide bonds. The molecule has 0 radical (unpaired) electrons. The van der Waals surface area contributed by atoms with Crippen molar-refractivity contribution in [2.75, 3.05) is 6.54 Å². The molecule has 0 atom stereocenters. The van der Waals surface area contributed by atoms with Crippen LogP contribution in [0.15, 0.2) is 78.1 Å². The number of benzene rings is 2. The van der Waals surface area contributed by atoms with Crippen LogP contribution in [-0.2, 0) is 0 Å². The van der Waals surface area contributed by atoms with Gasteiger partial charge < -0.3 is 0 Å². The summed E-state index contributed by atoms with van der Waals surface area (Å²) in [5, 5.41) is 0. The first kappa shape index (κ1) is 15.6. The van der Waals surface area contributed by atoms with Crippen LogP contribution in [0, 0.1) is 0 Å². The van der Waals surface area contributed by atoms with E-state index in [1.165, 1.54) is 33.3 Å². The number of aromatic nitrogens is 1. The van der Waals surface area contributed by atoms with E-state index in [2.05, 4.69) is 72.4 Å². The average Bonchev–Trinajstić information content (AvgIpc) is 2.69. The minimum Gasteiger partial charge on any atom is -0.292 e. The SMILES string of the molecule is Bc1cccc(-c2cc(C3=CCCN=C3)cc(-c3cccnc3)c2)c1. The molecule has 0 aliphatic carbocycles. The van der Waals surface area contributed by atoms with Crippen molar-refractivity contribution >= 4 is 25.1 Å². The number of hydrogen-bond donors (Lipinski definition) is 0. The smallest absolute Gasteiger partial charge is 0.139 e. The highest BCUT2D eigenvalue weighted by Gasteiger charge is 2.09. The van der Waals surface area contributed by atoms with Gasteiger partial charge in [-0.3, -0.25) is 9.98 Å². The van der Waals surface area contributed by atoms with Gasteiger partial charge in [-0.25, -0.2) is 0 Å². The molecule has 1 aromatic heterocycles. The van der Waals surface area contributed by atoms with Crippen molar-refractivity contribution in [2.45, 2.75) is 6.42 Å². The number of pyridine rings is 1. The normalized spacial score (nSPS) is 13.5. The Morgan fingerprint density at radius 2 is 1.60 bits per heavy atom. The van der Waals surface area contributed by atoms with Crippen molar-refractivity contribution in [1.29, 1.82) is 0 Å². The lowest BCUT2D eigenvalue weighted by molar-refractivity contribution is 1.01. The Kier molecular flexibility index (Phi) is 4.30. The largest absolute Gasteiger partial charge is 0.292 e. The molecule has 0 fully saturated rings. The Bertz CT molecular complexity index is 959. The van der Waals surface area contributed by atoms with E-state index in [0.29, 0.717) is 0 Å². The zero-order valence-corrected chi connectivity index (χ0v) is 14.3. The van der Waals surface area contributed by atoms with Crippen LogP contribution in [0.5, 0.6) is 0 Å². The van der Waals surface area contributed by atoms with Gasteiger partial charge in [0.1, 0.15) is 7.85 Å². The number of dihydropyridines is 1. The third kappa shape index (κ3) is 3.46. The van der Waals surface area contributed by atoms with Gasteiger partial charge in [-0.15, -0.1) is 0 Å². The molecule has 3 aromatic rings. The molecular formula is C22H19BN2. The fourth-order valence-corrected chi connectivity index (χ4v) is 3.19. The minimum absolute atomic E-state index is 0.885. The summed E-state index contributed by atoms with van der Waals surface area (Å²) in [5.41, 5.74) is 8.45. The van der Waals surface area contributed by atoms with Gasteiger partial charge in [0.25, 0.3) is 0 Å². The third-order valence-corrected chi connectivity index (χ3v) is 4.47. The molecular weight excluding hydrogens is 303 g/mol. The number of hydrogen-bond acceptors (Lipinski definition) is 2. The highest BCUT2D eigenvalue weighted by Crippen LogP contribution is 2.30. The van der Waals surface area contributed by atoms with Crippen molar-refractivity contribution in [3.8, 4) is 22.3 Å². The van der Waals surface area contributed by atoms with Crippen LogP contribution >= 0.6 is 0 Å². The third-order valence-electron chi connectivity index (χ3n) is 4.47. The summed E-state index contributed by atoms with van der Waals surface area (Å²) in [6.07, 6.45) is 9.00. The molecule has 25 heavy (non-hydrogen) atoms. The lowest BCUT2D eigenvalue weighted by Gasteiger charge is -2.13. The summed E-state index contributed by atoms with van der Waals surface area (Å²) in [6, 6.07) is 19.5. The molecule has 2 heterocycles. The minimum atomic E-state index is 0.885. The van der Waals surface area contributed by atoms with Crippen LogP contribution in [0.1, 0.15) is 12.0 Å². The van der Waals surface area contributed by atoms with Gasteiger partial charge in [0.05, 0.1) is 0 Å². The molecule has 1 aliphatic heterocycles. The summed E-state index contributed by atoms with van der Waals surface area (Å²) in [5.74, 6) is 0. The van der Waals surface area contributed by atoms with Gasteiger partial charge in [-0.2, -0.15) is 0 Å². The quantitative estimate of drug-likeness (QED) is 0.677. The van der Waals surface area contributed by atoms with Gasteiger partial charge in [0.2, 0.25) is 0 Å². The predicted molar refractivity (Wildman–Crippen MR) is 109 cm³/mol. The van der Waals surface area contributed by atoms with E-state index in [9.17, 15) is 0 Å². The van der Waals surface area contributed by atoms with E-state index in [0.717, 1.165) is 18.5 Å². The summed E-state index contributed by atoms with van der Waals surface area (Å²) >= 11 is 0. The zero-order valence-electron chi connectivity index (χ0n) is 14.3. The number of aliphatic imine (C=N–C) groups is 1. The first-order chi connectivity index (χ1) is 12.3. The van der Waals surface area contributed by atoms with Crippen molar-refractivity contribution in [3.63, 3.8) is 0 Å². The molecule has 0 saturated heterocycles. The number of nitrogens with zero attached hydrogens (tertiary/aromatic N) is 2. The molecule has 2 nitrogen and oxygen atoms in total. The van der Waals surface area contributed by atoms with Crippen LogP contribution in [0.2, 0.25) is 0 Å². The van der Waals surface area contributed by atoms with Crippen LogP contribution in [0.3, 0.4) is 0 Å². The zero-order chi connectivity index (χ0) is 17.1. The molecule has 0 saturated carbocycles. The van der Waals surface area contributed by atoms with Crippen molar-refractivity contribution in [2.24, 2.45) is 4.99 Å². The van der Waals surface area contributed by atoms with Gasteiger partial charge >= 0.3 is 0 Å². The molecule has 0 N–H and O–H groups in total. The second-order valence-corrected chi connectivity index (χ2v) is 6.39. The average molecular weight is 322 g/mol. The van der Waals surface area contributed by atoms with Gasteiger partial charge in [-0.1, -0.05) is 41.9 Å². The fourth-order valence-electron chi connectivity index (χ4n) is 3.19. The second kappa shape index (κ2) is 6.90. The van der Waals surface area contributed by atoms with Crippen LogP contribution < -0.4 is 5.46 Å². The molecule has 4 rings (SSSR count). The van der Waals surface area contributed by atoms with E-state index in [4.69, 9.17) is 0 Å². The standard InChI is InChI=1S/C22H19BN2/c23-22-7-1-4-16(13-22)19-10-20(17-5-2-8-24-14-17)12-21(11-19)18-6-3-9-25-15-18/h1-2,4-8,10-15H,3,9,23H2. The highest BCUT2D eigenvalue weighted by molar-refractivity contribution is 6.32. The topological polar surface area (TPSA) is 25.2 Å². The maximum Gasteiger partial charge on any atom is 0.139 e. The Balaban J connectivity index is 1.89. The number of rotatable bonds is 3. The Morgan fingerprint density at radius 3 is 2.32 bits per heavy atom. The van der Waals surface area contributed by atoms with Crippen LogP contribution in [-0.4, -0.2) is 25.6 Å². The molecule has 0 bridgehead atoms. The van der Waals surface area contributed by atoms with Crippen LogP contribution in [0.25, 0.3) is 27.8 Å². The van der Waals surface area contributed by atoms with E-state index in [1.54, 1.807) is 0 Å². The molecule has 3 heteroatoms. The van der Waals surface area contributed by atoms with Gasteiger partial charge in [-0.05, 0) is 58.5 Å². The summed E-state index contributed by atoms with van der Waals surface area (Å²) < 4.78 is 0. The second-order valence-electron chi connectivity index (χ2n) is 6.39. The Labute approximate surface area is 149 Å². The summed E-state index contributed by atoms with van der Waals surface area (Å²) in [6.45, 7) is 0.885. The molecule has 120 valence electrons. The Hall–Kier alpha value is -2.94. The van der Waals surface area contributed by atoms with E-state index in [1.807, 2.05) is 24.7 Å². The lowest BCUT2D eigenvalue weighted by atomic mass is 9.89. The first-order valence-electron chi connectivity index (χ1n) is 8.62. The van der Waals surface area contributed by atoms with Crippen molar-refractivity contribution in [1.82, 2.24) is 4.98 Å². The molecule has 0 unspecified atom stereocenters.